The van der Waals surface area contributed by atoms with Crippen LogP contribution in [0.5, 0.6) is 0 Å². The molecule has 0 saturated carbocycles. The molecule has 0 radical (unpaired) electrons. The molecule has 85 heavy (non-hydrogen) atoms. The summed E-state index contributed by atoms with van der Waals surface area (Å²) in [5.74, 6) is -1.69. The van der Waals surface area contributed by atoms with Crippen molar-refractivity contribution in [3.05, 3.63) is 313 Å². The van der Waals surface area contributed by atoms with Crippen LogP contribution in [-0.2, 0) is 0 Å². The molecule has 0 N–H and O–H groups in total. The zero-order valence-corrected chi connectivity index (χ0v) is 46.2. The van der Waals surface area contributed by atoms with Crippen molar-refractivity contribution in [3.8, 4) is 100 Å². The summed E-state index contributed by atoms with van der Waals surface area (Å²) in [5, 5.41) is 5.07. The van der Waals surface area contributed by atoms with Crippen molar-refractivity contribution in [3.63, 3.8) is 0 Å². The van der Waals surface area contributed by atoms with Crippen LogP contribution in [0, 0.1) is 23.3 Å². The quantitative estimate of drug-likeness (QED) is 0.121. The number of benzene rings is 13. The van der Waals surface area contributed by atoms with Crippen LogP contribution < -0.4 is 0 Å². The lowest BCUT2D eigenvalue weighted by atomic mass is 9.74. The summed E-state index contributed by atoms with van der Waals surface area (Å²) in [7, 11) is 0. The van der Waals surface area contributed by atoms with Crippen molar-refractivity contribution in [2.75, 3.05) is 0 Å². The van der Waals surface area contributed by atoms with E-state index in [2.05, 4.69) is 161 Å². The third kappa shape index (κ3) is 9.06. The topological polar surface area (TPSA) is 9.86 Å². The molecule has 2 nitrogen and oxygen atoms in total. The molecular formula is C78H47ClF4N2. The van der Waals surface area contributed by atoms with Gasteiger partial charge in [-0.3, -0.25) is 0 Å². The predicted octanol–water partition coefficient (Wildman–Crippen LogP) is 22.4. The molecule has 0 atom stereocenters. The summed E-state index contributed by atoms with van der Waals surface area (Å²) in [5.41, 5.74) is 19.3. The number of rotatable bonds is 10. The zero-order chi connectivity index (χ0) is 57.3. The molecule has 7 heteroatoms. The Bertz CT molecular complexity index is 4920. The molecule has 0 aliphatic rings. The fourth-order valence-electron chi connectivity index (χ4n) is 12.6. The van der Waals surface area contributed by atoms with E-state index in [9.17, 15) is 0 Å². The number of hydrogen-bond acceptors (Lipinski definition) is 0. The Morgan fingerprint density at radius 1 is 0.212 bits per heavy atom. The van der Waals surface area contributed by atoms with Crippen LogP contribution in [0.2, 0.25) is 5.02 Å². The molecule has 404 valence electrons. The fourth-order valence-corrected chi connectivity index (χ4v) is 12.8. The smallest absolute Gasteiger partial charge is 0.123 e. The van der Waals surface area contributed by atoms with Gasteiger partial charge in [-0.25, -0.2) is 17.6 Å². The molecule has 15 aromatic rings. The first-order valence-electron chi connectivity index (χ1n) is 28.1. The van der Waals surface area contributed by atoms with Gasteiger partial charge in [0.25, 0.3) is 0 Å². The van der Waals surface area contributed by atoms with Crippen molar-refractivity contribution in [1.82, 2.24) is 9.13 Å². The third-order valence-corrected chi connectivity index (χ3v) is 16.7. The average molecular weight is 1120 g/mol. The highest BCUT2D eigenvalue weighted by Crippen LogP contribution is 2.56. The van der Waals surface area contributed by atoms with Crippen LogP contribution in [0.3, 0.4) is 0 Å². The number of aromatic nitrogens is 2. The van der Waals surface area contributed by atoms with E-state index in [1.54, 1.807) is 48.5 Å². The molecule has 2 aromatic heterocycles. The molecule has 0 spiro atoms. The summed E-state index contributed by atoms with van der Waals surface area (Å²) < 4.78 is 65.3. The summed E-state index contributed by atoms with van der Waals surface area (Å²) >= 11 is 6.68. The van der Waals surface area contributed by atoms with Gasteiger partial charge >= 0.3 is 0 Å². The predicted molar refractivity (Wildman–Crippen MR) is 343 cm³/mol. The van der Waals surface area contributed by atoms with Crippen molar-refractivity contribution < 1.29 is 17.6 Å². The van der Waals surface area contributed by atoms with E-state index in [0.29, 0.717) is 49.5 Å². The highest BCUT2D eigenvalue weighted by atomic mass is 35.5. The maximum absolute atomic E-state index is 15.2. The normalized spacial score (nSPS) is 11.6. The van der Waals surface area contributed by atoms with E-state index in [4.69, 9.17) is 11.6 Å². The summed E-state index contributed by atoms with van der Waals surface area (Å²) in [6.07, 6.45) is 0. The second kappa shape index (κ2) is 21.0. The number of nitrogens with zero attached hydrogens (tertiary/aromatic N) is 2. The highest BCUT2D eigenvalue weighted by Gasteiger charge is 2.30. The summed E-state index contributed by atoms with van der Waals surface area (Å²) in [4.78, 5) is 0. The second-order valence-electron chi connectivity index (χ2n) is 21.4. The third-order valence-electron chi connectivity index (χ3n) is 16.5. The molecular weight excluding hydrogens is 1080 g/mol. The zero-order valence-electron chi connectivity index (χ0n) is 45.4. The van der Waals surface area contributed by atoms with Gasteiger partial charge in [0.15, 0.2) is 0 Å². The van der Waals surface area contributed by atoms with E-state index in [1.165, 1.54) is 59.3 Å². The van der Waals surface area contributed by atoms with Crippen molar-refractivity contribution in [2.24, 2.45) is 0 Å². The maximum atomic E-state index is 15.2. The lowest BCUT2D eigenvalue weighted by Crippen LogP contribution is -2.03. The van der Waals surface area contributed by atoms with Gasteiger partial charge in [0, 0.05) is 37.9 Å². The minimum absolute atomic E-state index is 0.417. The van der Waals surface area contributed by atoms with E-state index >= 15 is 17.6 Å². The standard InChI is InChI=1S/C78H47ClF4N2/c79-58-30-15-49(16-31-58)73-74(50-17-32-59(80)33-18-50)75(51-19-34-60(81)35-20-51)76(52-21-36-61(82)37-22-52)77(53-23-38-62(83)39-24-53)78(73)54-25-40-64(41-26-54)85-71-44-29-56(46-68(71)66-42-27-57(47-72(66)85)48-9-3-1-4-10-48)55-28-43-70-67(45-55)65-13-7-8-14-69(65)84(70)63-11-5-2-6-12-63/h1-47H. The molecule has 0 fully saturated rings. The number of para-hydroxylation sites is 2. The Labute approximate surface area is 493 Å². The van der Waals surface area contributed by atoms with Crippen LogP contribution >= 0.6 is 11.6 Å². The maximum Gasteiger partial charge on any atom is 0.123 e. The minimum Gasteiger partial charge on any atom is -0.309 e. The Morgan fingerprint density at radius 3 is 0.965 bits per heavy atom. The minimum atomic E-state index is -0.426. The van der Waals surface area contributed by atoms with Crippen LogP contribution in [-0.4, -0.2) is 9.13 Å². The lowest BCUT2D eigenvalue weighted by molar-refractivity contribution is 0.627. The summed E-state index contributed by atoms with van der Waals surface area (Å²) in [6.45, 7) is 0. The summed E-state index contributed by atoms with van der Waals surface area (Å²) in [6, 6.07) is 91.1. The largest absolute Gasteiger partial charge is 0.309 e. The first-order chi connectivity index (χ1) is 41.7. The molecule has 0 saturated heterocycles. The van der Waals surface area contributed by atoms with Gasteiger partial charge in [-0.1, -0.05) is 175 Å². The first kappa shape index (κ1) is 51.4. The number of fused-ring (bicyclic) bond motifs is 6. The van der Waals surface area contributed by atoms with Crippen LogP contribution in [0.4, 0.5) is 17.6 Å². The Hall–Kier alpha value is -10.5. The number of halogens is 5. The Kier molecular flexibility index (Phi) is 12.7. The van der Waals surface area contributed by atoms with Gasteiger partial charge in [0.05, 0.1) is 22.1 Å². The van der Waals surface area contributed by atoms with Gasteiger partial charge in [-0.2, -0.15) is 0 Å². The molecule has 0 aliphatic carbocycles. The molecule has 13 aromatic carbocycles. The SMILES string of the molecule is Fc1ccc(-c2c(-c3ccc(F)cc3)c(-c3ccc(F)cc3)c(-c3ccc(-n4c5ccc(-c6ccc7c(c6)c6ccccc6n7-c6ccccc6)cc5c5ccc(-c6ccccc6)cc54)cc3)c(-c3ccc(Cl)cc3)c2-c2ccc(F)cc2)cc1. The van der Waals surface area contributed by atoms with Crippen molar-refractivity contribution >= 4 is 55.2 Å². The number of hydrogen-bond donors (Lipinski definition) is 0. The molecule has 0 aliphatic heterocycles. The van der Waals surface area contributed by atoms with Crippen molar-refractivity contribution in [1.29, 1.82) is 0 Å². The van der Waals surface area contributed by atoms with Crippen LogP contribution in [0.15, 0.2) is 285 Å². The van der Waals surface area contributed by atoms with Gasteiger partial charge in [0.2, 0.25) is 0 Å². The second-order valence-corrected chi connectivity index (χ2v) is 21.9. The Balaban J connectivity index is 0.987. The first-order valence-corrected chi connectivity index (χ1v) is 28.5. The molecule has 0 unspecified atom stereocenters. The fraction of sp³-hybridized carbons (Fsp3) is 0. The van der Waals surface area contributed by atoms with Crippen LogP contribution in [0.25, 0.3) is 144 Å². The molecule has 2 heterocycles. The van der Waals surface area contributed by atoms with E-state index < -0.39 is 23.3 Å². The molecule has 0 amide bonds. The molecule has 0 bridgehead atoms. The van der Waals surface area contributed by atoms with E-state index in [1.807, 2.05) is 36.4 Å². The van der Waals surface area contributed by atoms with Gasteiger partial charge in [-0.05, 0) is 210 Å². The van der Waals surface area contributed by atoms with Gasteiger partial charge in [0.1, 0.15) is 23.3 Å². The monoisotopic (exact) mass is 1120 g/mol. The van der Waals surface area contributed by atoms with Gasteiger partial charge in [-0.15, -0.1) is 0 Å². The Morgan fingerprint density at radius 2 is 0.518 bits per heavy atom. The van der Waals surface area contributed by atoms with Crippen molar-refractivity contribution in [2.45, 2.75) is 0 Å². The van der Waals surface area contributed by atoms with Gasteiger partial charge < -0.3 is 9.13 Å². The van der Waals surface area contributed by atoms with E-state index in [0.717, 1.165) is 88.7 Å². The van der Waals surface area contributed by atoms with Crippen LogP contribution in [0.1, 0.15) is 0 Å². The lowest BCUT2D eigenvalue weighted by Gasteiger charge is -2.29. The van der Waals surface area contributed by atoms with E-state index in [-0.39, 0.29) is 0 Å². The highest BCUT2D eigenvalue weighted by molar-refractivity contribution is 6.30. The average Bonchev–Trinajstić information content (AvgIpc) is 1.11. The molecule has 15 rings (SSSR count).